The minimum atomic E-state index is -0.0549. The Kier molecular flexibility index (Phi) is 4.62. The predicted molar refractivity (Wildman–Crippen MR) is 112 cm³/mol. The third-order valence-electron chi connectivity index (χ3n) is 4.49. The Morgan fingerprint density at radius 2 is 1.75 bits per heavy atom. The molecular weight excluding hydrogens is 372 g/mol. The third-order valence-corrected chi connectivity index (χ3v) is 5.20. The lowest BCUT2D eigenvalue weighted by molar-refractivity contribution is 0.630. The lowest BCUT2D eigenvalue weighted by atomic mass is 10.1. The molecule has 2 N–H and O–H groups in total. The van der Waals surface area contributed by atoms with Crippen molar-refractivity contribution in [3.63, 3.8) is 0 Å². The Morgan fingerprint density at radius 1 is 1.04 bits per heavy atom. The zero-order chi connectivity index (χ0) is 19.7. The van der Waals surface area contributed by atoms with Gasteiger partial charge in [-0.25, -0.2) is 9.67 Å². The molecule has 0 bridgehead atoms. The highest BCUT2D eigenvalue weighted by Crippen LogP contribution is 2.28. The minimum absolute atomic E-state index is 0.0549. The van der Waals surface area contributed by atoms with Gasteiger partial charge < -0.3 is 5.73 Å². The van der Waals surface area contributed by atoms with Crippen LogP contribution in [0.5, 0.6) is 0 Å². The van der Waals surface area contributed by atoms with Gasteiger partial charge in [0.15, 0.2) is 10.1 Å². The van der Waals surface area contributed by atoms with E-state index in [4.69, 9.17) is 5.73 Å². The van der Waals surface area contributed by atoms with Crippen molar-refractivity contribution < 1.29 is 0 Å². The average molecular weight is 390 g/mol. The molecule has 0 saturated heterocycles. The van der Waals surface area contributed by atoms with Crippen molar-refractivity contribution in [1.82, 2.24) is 14.3 Å². The highest BCUT2D eigenvalue weighted by Gasteiger charge is 2.17. The van der Waals surface area contributed by atoms with Crippen LogP contribution in [0.25, 0.3) is 16.8 Å². The molecule has 0 spiro atoms. The molecule has 0 atom stereocenters. The van der Waals surface area contributed by atoms with Crippen LogP contribution >= 0.6 is 11.3 Å². The van der Waals surface area contributed by atoms with E-state index in [1.807, 2.05) is 73.3 Å². The Morgan fingerprint density at radius 3 is 2.39 bits per heavy atom. The Labute approximate surface area is 165 Å². The fourth-order valence-electron chi connectivity index (χ4n) is 3.03. The number of nitrogens with zero attached hydrogens (tertiary/aromatic N) is 5. The van der Waals surface area contributed by atoms with Crippen LogP contribution in [0.2, 0.25) is 0 Å². The van der Waals surface area contributed by atoms with Gasteiger partial charge in [0.1, 0.15) is 0 Å². The topological polar surface area (TPSA) is 90.6 Å². The van der Waals surface area contributed by atoms with Crippen molar-refractivity contribution in [2.45, 2.75) is 6.92 Å². The van der Waals surface area contributed by atoms with E-state index >= 15 is 0 Å². The van der Waals surface area contributed by atoms with Gasteiger partial charge in [-0.15, -0.1) is 10.2 Å². The number of thiazole rings is 1. The largest absolute Gasteiger partial charge is 0.375 e. The number of rotatable bonds is 4. The van der Waals surface area contributed by atoms with Crippen molar-refractivity contribution in [3.05, 3.63) is 76.8 Å². The zero-order valence-corrected chi connectivity index (χ0v) is 16.2. The van der Waals surface area contributed by atoms with Crippen LogP contribution in [-0.4, -0.2) is 14.3 Å². The molecule has 140 valence electrons. The van der Waals surface area contributed by atoms with Gasteiger partial charge >= 0.3 is 0 Å². The average Bonchev–Trinajstić information content (AvgIpc) is 3.22. The number of benzene rings is 2. The first kappa shape index (κ1) is 17.9. The molecule has 4 aromatic rings. The molecule has 4 rings (SSSR count). The molecule has 28 heavy (non-hydrogen) atoms. The lowest BCUT2D eigenvalue weighted by Crippen LogP contribution is -2.20. The number of para-hydroxylation sites is 1. The molecule has 2 aromatic carbocycles. The maximum Gasteiger partial charge on any atom is 0.279 e. The standard InChI is InChI=1S/C20H18N6OS/c1-13-18(19(27)26(25(13)2)16-6-4-3-5-7-16)14-8-10-15(11-9-14)23-24-17-12-22-20(21)28-17/h3-12H,1-2H3,(H2,21,22). The summed E-state index contributed by atoms with van der Waals surface area (Å²) in [7, 11) is 1.89. The minimum Gasteiger partial charge on any atom is -0.375 e. The molecule has 7 nitrogen and oxygen atoms in total. The number of aromatic nitrogens is 3. The summed E-state index contributed by atoms with van der Waals surface area (Å²) in [6.07, 6.45) is 1.58. The number of hydrogen-bond donors (Lipinski definition) is 1. The van der Waals surface area contributed by atoms with Crippen molar-refractivity contribution in [2.24, 2.45) is 17.3 Å². The van der Waals surface area contributed by atoms with Crippen LogP contribution in [-0.2, 0) is 7.05 Å². The molecule has 0 amide bonds. The molecule has 0 saturated carbocycles. The first-order valence-electron chi connectivity index (χ1n) is 8.62. The van der Waals surface area contributed by atoms with Crippen molar-refractivity contribution >= 4 is 27.2 Å². The van der Waals surface area contributed by atoms with Crippen LogP contribution in [0.4, 0.5) is 15.8 Å². The van der Waals surface area contributed by atoms with Crippen molar-refractivity contribution in [1.29, 1.82) is 0 Å². The third kappa shape index (κ3) is 3.25. The summed E-state index contributed by atoms with van der Waals surface area (Å²) in [5.41, 5.74) is 9.46. The smallest absolute Gasteiger partial charge is 0.279 e. The second kappa shape index (κ2) is 7.24. The zero-order valence-electron chi connectivity index (χ0n) is 15.4. The molecule has 2 heterocycles. The maximum absolute atomic E-state index is 13.1. The highest BCUT2D eigenvalue weighted by molar-refractivity contribution is 7.18. The molecular formula is C20H18N6OS. The number of nitrogens with two attached hydrogens (primary N) is 1. The van der Waals surface area contributed by atoms with E-state index in [-0.39, 0.29) is 5.56 Å². The molecule has 0 unspecified atom stereocenters. The molecule has 0 aliphatic heterocycles. The Balaban J connectivity index is 1.68. The van der Waals surface area contributed by atoms with Gasteiger partial charge in [0.05, 0.1) is 23.1 Å². The van der Waals surface area contributed by atoms with E-state index in [1.165, 1.54) is 11.3 Å². The fraction of sp³-hybridized carbons (Fsp3) is 0.100. The highest BCUT2D eigenvalue weighted by atomic mass is 32.1. The number of anilines is 1. The number of hydrogen-bond acceptors (Lipinski definition) is 6. The quantitative estimate of drug-likeness (QED) is 0.516. The van der Waals surface area contributed by atoms with Gasteiger partial charge in [-0.1, -0.05) is 41.7 Å². The van der Waals surface area contributed by atoms with E-state index < -0.39 is 0 Å². The normalized spacial score (nSPS) is 11.4. The van der Waals surface area contributed by atoms with Gasteiger partial charge in [0.25, 0.3) is 5.56 Å². The number of azo groups is 1. The summed E-state index contributed by atoms with van der Waals surface area (Å²) in [6.45, 7) is 1.94. The van der Waals surface area contributed by atoms with E-state index in [9.17, 15) is 4.79 Å². The van der Waals surface area contributed by atoms with Gasteiger partial charge in [0, 0.05) is 12.7 Å². The van der Waals surface area contributed by atoms with E-state index in [0.717, 1.165) is 16.9 Å². The summed E-state index contributed by atoms with van der Waals surface area (Å²) in [5, 5.41) is 9.42. The van der Waals surface area contributed by atoms with Crippen LogP contribution in [0.15, 0.2) is 75.8 Å². The fourth-order valence-corrected chi connectivity index (χ4v) is 3.53. The Bertz CT molecular complexity index is 1200. The maximum atomic E-state index is 13.1. The monoisotopic (exact) mass is 390 g/mol. The molecule has 0 fully saturated rings. The van der Waals surface area contributed by atoms with Crippen LogP contribution in [0.1, 0.15) is 5.69 Å². The van der Waals surface area contributed by atoms with E-state index in [2.05, 4.69) is 15.2 Å². The SMILES string of the molecule is Cc1c(-c2ccc(N=Nc3cnc(N)s3)cc2)c(=O)n(-c2ccccc2)n1C. The first-order valence-corrected chi connectivity index (χ1v) is 9.44. The van der Waals surface area contributed by atoms with Gasteiger partial charge in [0.2, 0.25) is 0 Å². The molecule has 0 aliphatic rings. The predicted octanol–water partition coefficient (Wildman–Crippen LogP) is 4.61. The molecule has 0 radical (unpaired) electrons. The van der Waals surface area contributed by atoms with Gasteiger partial charge in [-0.05, 0) is 36.8 Å². The molecule has 0 aliphatic carbocycles. The van der Waals surface area contributed by atoms with Gasteiger partial charge in [-0.3, -0.25) is 9.48 Å². The van der Waals surface area contributed by atoms with Crippen LogP contribution in [0.3, 0.4) is 0 Å². The summed E-state index contributed by atoms with van der Waals surface area (Å²) >= 11 is 1.27. The number of nitrogen functional groups attached to an aromatic ring is 1. The van der Waals surface area contributed by atoms with Crippen LogP contribution in [0, 0.1) is 6.92 Å². The second-order valence-electron chi connectivity index (χ2n) is 6.22. The van der Waals surface area contributed by atoms with Crippen LogP contribution < -0.4 is 11.3 Å². The van der Waals surface area contributed by atoms with Crippen molar-refractivity contribution in [3.8, 4) is 16.8 Å². The van der Waals surface area contributed by atoms with Gasteiger partial charge in [-0.2, -0.15) is 0 Å². The summed E-state index contributed by atoms with van der Waals surface area (Å²) in [6, 6.07) is 17.0. The Hall–Kier alpha value is -3.52. The summed E-state index contributed by atoms with van der Waals surface area (Å²) in [5.74, 6) is 0. The molecule has 8 heteroatoms. The van der Waals surface area contributed by atoms with E-state index in [1.54, 1.807) is 10.9 Å². The van der Waals surface area contributed by atoms with Crippen molar-refractivity contribution in [2.75, 3.05) is 5.73 Å². The summed E-state index contributed by atoms with van der Waals surface area (Å²) < 4.78 is 3.54. The van der Waals surface area contributed by atoms with E-state index in [0.29, 0.717) is 21.4 Å². The molecule has 2 aromatic heterocycles. The first-order chi connectivity index (χ1) is 13.5. The lowest BCUT2D eigenvalue weighted by Gasteiger charge is -2.07. The second-order valence-corrected chi connectivity index (χ2v) is 7.26. The summed E-state index contributed by atoms with van der Waals surface area (Å²) in [4.78, 5) is 17.0.